The molecule has 0 spiro atoms. The molecule has 0 aliphatic carbocycles. The first-order chi connectivity index (χ1) is 9.99. The zero-order chi connectivity index (χ0) is 16.7. The van der Waals surface area contributed by atoms with E-state index in [0.717, 1.165) is 25.7 Å². The Bertz CT molecular complexity index is 387. The molecule has 22 heavy (non-hydrogen) atoms. The van der Waals surface area contributed by atoms with Crippen LogP contribution in [0.3, 0.4) is 0 Å². The normalized spacial score (nSPS) is 37.6. The number of amides is 1. The lowest BCUT2D eigenvalue weighted by molar-refractivity contribution is -0.137. The Hall–Kier alpha value is -0.610. The fraction of sp³-hybridized carbons (Fsp3) is 0.944. The molecule has 128 valence electrons. The summed E-state index contributed by atoms with van der Waals surface area (Å²) in [7, 11) is 0. The molecule has 4 atom stereocenters. The van der Waals surface area contributed by atoms with Crippen LogP contribution in [0.2, 0.25) is 0 Å². The highest BCUT2D eigenvalue weighted by Crippen LogP contribution is 2.33. The molecule has 2 aliphatic heterocycles. The maximum atomic E-state index is 12.5. The third kappa shape index (κ3) is 4.23. The van der Waals surface area contributed by atoms with Gasteiger partial charge in [-0.15, -0.1) is 0 Å². The number of hydrogen-bond donors (Lipinski definition) is 2. The van der Waals surface area contributed by atoms with Crippen molar-refractivity contribution in [3.63, 3.8) is 0 Å². The molecule has 2 N–H and O–H groups in total. The van der Waals surface area contributed by atoms with Crippen molar-refractivity contribution < 1.29 is 4.79 Å². The molecule has 0 saturated carbocycles. The van der Waals surface area contributed by atoms with Crippen molar-refractivity contribution in [3.8, 4) is 0 Å². The maximum absolute atomic E-state index is 12.5. The summed E-state index contributed by atoms with van der Waals surface area (Å²) in [5.74, 6) is 0.241. The van der Waals surface area contributed by atoms with Crippen molar-refractivity contribution in [1.29, 1.82) is 0 Å². The first kappa shape index (κ1) is 17.7. The molecular weight excluding hydrogens is 274 g/mol. The van der Waals surface area contributed by atoms with Gasteiger partial charge in [0.25, 0.3) is 0 Å². The number of nitrogens with one attached hydrogen (secondary N) is 2. The van der Waals surface area contributed by atoms with Crippen LogP contribution in [0.4, 0.5) is 0 Å². The van der Waals surface area contributed by atoms with Crippen molar-refractivity contribution in [2.75, 3.05) is 0 Å². The Balaban J connectivity index is 2.21. The fourth-order valence-electron chi connectivity index (χ4n) is 4.97. The summed E-state index contributed by atoms with van der Waals surface area (Å²) >= 11 is 0. The first-order valence-corrected chi connectivity index (χ1v) is 8.83. The summed E-state index contributed by atoms with van der Waals surface area (Å²) in [5, 5.41) is 7.31. The van der Waals surface area contributed by atoms with Crippen LogP contribution in [0, 0.1) is 0 Å². The van der Waals surface area contributed by atoms with Crippen LogP contribution in [0.15, 0.2) is 0 Å². The van der Waals surface area contributed by atoms with Crippen LogP contribution in [0.5, 0.6) is 0 Å². The van der Waals surface area contributed by atoms with Gasteiger partial charge in [0.05, 0.1) is 0 Å². The van der Waals surface area contributed by atoms with Crippen LogP contribution in [-0.2, 0) is 4.79 Å². The van der Waals surface area contributed by atoms with E-state index in [1.54, 1.807) is 6.92 Å². The second kappa shape index (κ2) is 6.12. The van der Waals surface area contributed by atoms with Crippen LogP contribution in [0.1, 0.15) is 74.1 Å². The van der Waals surface area contributed by atoms with Crippen molar-refractivity contribution in [2.45, 2.75) is 109 Å². The average Bonchev–Trinajstić information content (AvgIpc) is 2.21. The zero-order valence-electron chi connectivity index (χ0n) is 15.5. The Morgan fingerprint density at radius 1 is 0.909 bits per heavy atom. The molecule has 0 aromatic carbocycles. The van der Waals surface area contributed by atoms with E-state index in [4.69, 9.17) is 0 Å². The minimum atomic E-state index is 0.101. The Kier molecular flexibility index (Phi) is 4.94. The minimum Gasteiger partial charge on any atom is -0.337 e. The van der Waals surface area contributed by atoms with Crippen molar-refractivity contribution in [3.05, 3.63) is 0 Å². The lowest BCUT2D eigenvalue weighted by atomic mass is 9.81. The largest absolute Gasteiger partial charge is 0.337 e. The monoisotopic (exact) mass is 309 g/mol. The van der Waals surface area contributed by atoms with Gasteiger partial charge in [0.15, 0.2) is 0 Å². The molecule has 0 aromatic rings. The van der Waals surface area contributed by atoms with E-state index in [-0.39, 0.29) is 17.0 Å². The summed E-state index contributed by atoms with van der Waals surface area (Å²) in [6.07, 6.45) is 4.19. The second-order valence-electron chi connectivity index (χ2n) is 8.97. The molecule has 4 unspecified atom stereocenters. The molecule has 0 aromatic heterocycles. The molecule has 2 saturated heterocycles. The standard InChI is InChI=1S/C18H35N3O/c1-12-8-15(10-17(4,5)19-12)21(14(3)22)16-9-13(2)20-18(6,7)11-16/h12-13,15-16,19-20H,8-11H2,1-7H3. The van der Waals surface area contributed by atoms with E-state index in [1.807, 2.05) is 0 Å². The van der Waals surface area contributed by atoms with E-state index in [0.29, 0.717) is 24.2 Å². The van der Waals surface area contributed by atoms with Gasteiger partial charge in [0, 0.05) is 42.2 Å². The van der Waals surface area contributed by atoms with Crippen LogP contribution in [0.25, 0.3) is 0 Å². The van der Waals surface area contributed by atoms with Gasteiger partial charge in [-0.25, -0.2) is 0 Å². The van der Waals surface area contributed by atoms with Crippen LogP contribution in [-0.4, -0.2) is 46.1 Å². The van der Waals surface area contributed by atoms with Crippen LogP contribution >= 0.6 is 0 Å². The van der Waals surface area contributed by atoms with Gasteiger partial charge >= 0.3 is 0 Å². The average molecular weight is 309 g/mol. The summed E-state index contributed by atoms with van der Waals surface area (Å²) in [6.45, 7) is 15.2. The molecule has 2 fully saturated rings. The lowest BCUT2D eigenvalue weighted by Crippen LogP contribution is -2.63. The van der Waals surface area contributed by atoms with Crippen molar-refractivity contribution in [2.24, 2.45) is 0 Å². The molecule has 0 radical (unpaired) electrons. The van der Waals surface area contributed by atoms with E-state index in [9.17, 15) is 4.79 Å². The highest BCUT2D eigenvalue weighted by Gasteiger charge is 2.41. The van der Waals surface area contributed by atoms with Crippen LogP contribution < -0.4 is 10.6 Å². The molecule has 4 heteroatoms. The molecule has 2 rings (SSSR count). The molecule has 2 aliphatic rings. The third-order valence-electron chi connectivity index (χ3n) is 5.17. The van der Waals surface area contributed by atoms with Gasteiger partial charge in [-0.05, 0) is 67.2 Å². The van der Waals surface area contributed by atoms with Gasteiger partial charge in [0.1, 0.15) is 0 Å². The Labute approximate surface area is 136 Å². The van der Waals surface area contributed by atoms with Crippen molar-refractivity contribution in [1.82, 2.24) is 15.5 Å². The lowest BCUT2D eigenvalue weighted by Gasteiger charge is -2.51. The highest BCUT2D eigenvalue weighted by molar-refractivity contribution is 5.74. The predicted octanol–water partition coefficient (Wildman–Crippen LogP) is 2.67. The maximum Gasteiger partial charge on any atom is 0.219 e. The van der Waals surface area contributed by atoms with Gasteiger partial charge in [-0.1, -0.05) is 0 Å². The number of hydrogen-bond acceptors (Lipinski definition) is 3. The SMILES string of the molecule is CC(=O)N(C1CC(C)NC(C)(C)C1)C1CC(C)NC(C)(C)C1. The number of rotatable bonds is 2. The Morgan fingerprint density at radius 3 is 1.55 bits per heavy atom. The smallest absolute Gasteiger partial charge is 0.219 e. The molecule has 0 bridgehead atoms. The second-order valence-corrected chi connectivity index (χ2v) is 8.97. The summed E-state index contributed by atoms with van der Waals surface area (Å²) in [4.78, 5) is 14.7. The Morgan fingerprint density at radius 2 is 1.27 bits per heavy atom. The van der Waals surface area contributed by atoms with E-state index in [2.05, 4.69) is 57.1 Å². The van der Waals surface area contributed by atoms with Gasteiger partial charge < -0.3 is 15.5 Å². The molecule has 1 amide bonds. The van der Waals surface area contributed by atoms with Crippen molar-refractivity contribution >= 4 is 5.91 Å². The number of piperidine rings is 2. The molecular formula is C18H35N3O. The topological polar surface area (TPSA) is 44.4 Å². The molecule has 4 nitrogen and oxygen atoms in total. The highest BCUT2D eigenvalue weighted by atomic mass is 16.2. The zero-order valence-corrected chi connectivity index (χ0v) is 15.5. The number of carbonyl (C=O) groups is 1. The molecule has 2 heterocycles. The summed E-state index contributed by atoms with van der Waals surface area (Å²) in [5.41, 5.74) is 0.203. The number of nitrogens with zero attached hydrogens (tertiary/aromatic N) is 1. The first-order valence-electron chi connectivity index (χ1n) is 8.83. The van der Waals surface area contributed by atoms with Gasteiger partial charge in [0.2, 0.25) is 5.91 Å². The van der Waals surface area contributed by atoms with Gasteiger partial charge in [-0.3, -0.25) is 4.79 Å². The minimum absolute atomic E-state index is 0.101. The summed E-state index contributed by atoms with van der Waals surface area (Å²) in [6, 6.07) is 1.63. The third-order valence-corrected chi connectivity index (χ3v) is 5.17. The van der Waals surface area contributed by atoms with E-state index < -0.39 is 0 Å². The van der Waals surface area contributed by atoms with E-state index >= 15 is 0 Å². The fourth-order valence-corrected chi connectivity index (χ4v) is 4.97. The van der Waals surface area contributed by atoms with E-state index in [1.165, 1.54) is 0 Å². The van der Waals surface area contributed by atoms with Gasteiger partial charge in [-0.2, -0.15) is 0 Å². The number of carbonyl (C=O) groups excluding carboxylic acids is 1. The quantitative estimate of drug-likeness (QED) is 0.824. The predicted molar refractivity (Wildman–Crippen MR) is 91.9 cm³/mol. The summed E-state index contributed by atoms with van der Waals surface area (Å²) < 4.78 is 0.